The van der Waals surface area contributed by atoms with Gasteiger partial charge < -0.3 is 24.0 Å². The predicted octanol–water partition coefficient (Wildman–Crippen LogP) is 5.67. The van der Waals surface area contributed by atoms with Crippen molar-refractivity contribution in [3.05, 3.63) is 117 Å². The van der Waals surface area contributed by atoms with Crippen LogP contribution in [-0.4, -0.2) is 45.4 Å². The van der Waals surface area contributed by atoms with E-state index in [2.05, 4.69) is 4.98 Å². The molecule has 0 saturated carbocycles. The molecule has 1 N–H and O–H groups in total. The maximum absolute atomic E-state index is 11.3. The number of aromatic nitrogens is 2. The number of nitrogens with zero attached hydrogens (tertiary/aromatic N) is 3. The van der Waals surface area contributed by atoms with Crippen LogP contribution in [0.15, 0.2) is 85.5 Å². The molecule has 0 aliphatic carbocycles. The third kappa shape index (κ3) is 7.12. The molecule has 0 bridgehead atoms. The maximum atomic E-state index is 11.3. The van der Waals surface area contributed by atoms with Crippen molar-refractivity contribution in [2.45, 2.75) is 18.4 Å². The van der Waals surface area contributed by atoms with Crippen molar-refractivity contribution in [2.24, 2.45) is 0 Å². The van der Waals surface area contributed by atoms with Gasteiger partial charge in [0.15, 0.2) is 6.29 Å². The third-order valence-electron chi connectivity index (χ3n) is 5.84. The Labute approximate surface area is 233 Å². The largest absolute Gasteiger partial charge is 0.491 e. The van der Waals surface area contributed by atoms with Gasteiger partial charge in [0, 0.05) is 28.5 Å². The van der Waals surface area contributed by atoms with E-state index in [1.54, 1.807) is 30.7 Å². The minimum absolute atomic E-state index is 0.293. The van der Waals surface area contributed by atoms with Crippen LogP contribution in [0.3, 0.4) is 0 Å². The highest BCUT2D eigenvalue weighted by Gasteiger charge is 2.45. The zero-order chi connectivity index (χ0) is 27.8. The van der Waals surface area contributed by atoms with Crippen LogP contribution in [0, 0.1) is 10.1 Å². The predicted molar refractivity (Wildman–Crippen MR) is 143 cm³/mol. The lowest BCUT2D eigenvalue weighted by atomic mass is 10.0. The second-order valence-electron chi connectivity index (χ2n) is 8.44. The first-order chi connectivity index (χ1) is 18.8. The molecule has 0 amide bonds. The van der Waals surface area contributed by atoms with E-state index in [1.807, 2.05) is 59.3 Å². The summed E-state index contributed by atoms with van der Waals surface area (Å²) < 4.78 is 20.5. The molecule has 2 heterocycles. The molecule has 1 aromatic heterocycles. The molecule has 0 spiro atoms. The molecule has 1 aliphatic heterocycles. The summed E-state index contributed by atoms with van der Waals surface area (Å²) in [4.78, 5) is 23.8. The van der Waals surface area contributed by atoms with Crippen molar-refractivity contribution in [1.29, 1.82) is 0 Å². The van der Waals surface area contributed by atoms with E-state index < -0.39 is 10.9 Å². The highest BCUT2D eigenvalue weighted by Crippen LogP contribution is 2.40. The second kappa shape index (κ2) is 12.7. The molecule has 1 saturated heterocycles. The summed E-state index contributed by atoms with van der Waals surface area (Å²) in [5, 5.41) is 14.6. The molecular formula is C27H23Cl2N3O7. The van der Waals surface area contributed by atoms with E-state index in [-0.39, 0.29) is 6.10 Å². The zero-order valence-electron chi connectivity index (χ0n) is 20.4. The van der Waals surface area contributed by atoms with Crippen molar-refractivity contribution < 1.29 is 29.3 Å². The van der Waals surface area contributed by atoms with Crippen LogP contribution in [0.4, 0.5) is 0 Å². The Morgan fingerprint density at radius 3 is 2.59 bits per heavy atom. The van der Waals surface area contributed by atoms with E-state index in [1.165, 1.54) is 0 Å². The number of ether oxygens (including phenoxy) is 3. The van der Waals surface area contributed by atoms with Crippen LogP contribution in [0.2, 0.25) is 10.0 Å². The summed E-state index contributed by atoms with van der Waals surface area (Å²) in [6, 6.07) is 20.4. The van der Waals surface area contributed by atoms with Crippen molar-refractivity contribution in [3.63, 3.8) is 0 Å². The van der Waals surface area contributed by atoms with Gasteiger partial charge in [0.25, 0.3) is 5.09 Å². The Kier molecular flexibility index (Phi) is 9.15. The SMILES string of the molecule is O=Cc1ccccc1-c1ccc(OC[C@@H]2CO[C@@](Cn3ccnc3)(c3ccc(Cl)cc3Cl)O2)cc1.O=[N+]([O-])O. The van der Waals surface area contributed by atoms with Crippen LogP contribution >= 0.6 is 23.2 Å². The van der Waals surface area contributed by atoms with Gasteiger partial charge >= 0.3 is 0 Å². The number of aldehydes is 1. The number of imidazole rings is 1. The molecule has 10 nitrogen and oxygen atoms in total. The van der Waals surface area contributed by atoms with Gasteiger partial charge in [-0.25, -0.2) is 4.98 Å². The number of halogens is 2. The van der Waals surface area contributed by atoms with Gasteiger partial charge in [-0.3, -0.25) is 4.79 Å². The summed E-state index contributed by atoms with van der Waals surface area (Å²) in [5.41, 5.74) is 3.16. The Morgan fingerprint density at radius 1 is 1.18 bits per heavy atom. The fourth-order valence-electron chi connectivity index (χ4n) is 4.16. The quantitative estimate of drug-likeness (QED) is 0.163. The second-order valence-corrected chi connectivity index (χ2v) is 9.28. The first-order valence-corrected chi connectivity index (χ1v) is 12.4. The van der Waals surface area contributed by atoms with Crippen molar-refractivity contribution in [3.8, 4) is 16.9 Å². The molecule has 202 valence electrons. The van der Waals surface area contributed by atoms with E-state index in [0.717, 1.165) is 17.4 Å². The van der Waals surface area contributed by atoms with E-state index in [4.69, 9.17) is 52.7 Å². The van der Waals surface area contributed by atoms with Gasteiger partial charge in [0.05, 0.1) is 24.5 Å². The van der Waals surface area contributed by atoms with Gasteiger partial charge in [0.2, 0.25) is 5.79 Å². The standard InChI is InChI=1S/C27H22Cl2N2O4.HNO3/c28-21-7-10-25(26(29)13-21)27(17-31-12-11-30-18-31)34-16-23(35-27)15-33-22-8-5-19(6-9-22)24-4-2-1-3-20(24)14-32;2-1(3)4/h1-14,18,23H,15-17H2;(H,2,3,4)/t23-,27-;/m1./s1. The Hall–Kier alpha value is -3.96. The molecule has 4 aromatic rings. The number of benzene rings is 3. The van der Waals surface area contributed by atoms with Gasteiger partial charge in [0.1, 0.15) is 18.5 Å². The van der Waals surface area contributed by atoms with Crippen LogP contribution in [0.5, 0.6) is 5.75 Å². The molecule has 0 radical (unpaired) electrons. The number of rotatable bonds is 8. The molecule has 2 atom stereocenters. The maximum Gasteiger partial charge on any atom is 0.291 e. The Bertz CT molecular complexity index is 1410. The van der Waals surface area contributed by atoms with E-state index >= 15 is 0 Å². The first kappa shape index (κ1) is 28.1. The first-order valence-electron chi connectivity index (χ1n) is 11.6. The summed E-state index contributed by atoms with van der Waals surface area (Å²) >= 11 is 12.6. The van der Waals surface area contributed by atoms with Crippen LogP contribution in [-0.2, 0) is 21.8 Å². The lowest BCUT2D eigenvalue weighted by molar-refractivity contribution is -0.742. The monoisotopic (exact) mass is 571 g/mol. The van der Waals surface area contributed by atoms with Crippen LogP contribution in [0.25, 0.3) is 11.1 Å². The average molecular weight is 572 g/mol. The number of hydrogen-bond donors (Lipinski definition) is 1. The van der Waals surface area contributed by atoms with E-state index in [9.17, 15) is 4.79 Å². The van der Waals surface area contributed by atoms with Gasteiger partial charge in [-0.15, -0.1) is 10.1 Å². The Morgan fingerprint density at radius 2 is 1.92 bits per heavy atom. The molecule has 1 aliphatic rings. The zero-order valence-corrected chi connectivity index (χ0v) is 21.9. The lowest BCUT2D eigenvalue weighted by Gasteiger charge is -2.30. The minimum atomic E-state index is -1.50. The van der Waals surface area contributed by atoms with Crippen LogP contribution in [0.1, 0.15) is 15.9 Å². The van der Waals surface area contributed by atoms with Crippen molar-refractivity contribution >= 4 is 29.5 Å². The molecule has 0 unspecified atom stereocenters. The third-order valence-corrected chi connectivity index (χ3v) is 6.39. The normalized spacial score (nSPS) is 18.2. The summed E-state index contributed by atoms with van der Waals surface area (Å²) in [6.45, 7) is 0.995. The van der Waals surface area contributed by atoms with Crippen molar-refractivity contribution in [2.75, 3.05) is 13.2 Å². The van der Waals surface area contributed by atoms with Crippen molar-refractivity contribution in [1.82, 2.24) is 9.55 Å². The van der Waals surface area contributed by atoms with Gasteiger partial charge in [-0.05, 0) is 35.4 Å². The minimum Gasteiger partial charge on any atom is -0.491 e. The number of carbonyl (C=O) groups is 1. The summed E-state index contributed by atoms with van der Waals surface area (Å²) in [5.74, 6) is -0.406. The fourth-order valence-corrected chi connectivity index (χ4v) is 4.71. The fraction of sp³-hybridized carbons (Fsp3) is 0.185. The molecule has 5 rings (SSSR count). The lowest BCUT2D eigenvalue weighted by Crippen LogP contribution is -2.34. The highest BCUT2D eigenvalue weighted by molar-refractivity contribution is 6.35. The molecular weight excluding hydrogens is 549 g/mol. The van der Waals surface area contributed by atoms with Gasteiger partial charge in [-0.1, -0.05) is 65.7 Å². The number of hydrogen-bond acceptors (Lipinski definition) is 7. The average Bonchev–Trinajstić information content (AvgIpc) is 3.58. The highest BCUT2D eigenvalue weighted by atomic mass is 35.5. The molecule has 39 heavy (non-hydrogen) atoms. The molecule has 1 fully saturated rings. The molecule has 3 aromatic carbocycles. The topological polar surface area (TPSA) is 126 Å². The summed E-state index contributed by atoms with van der Waals surface area (Å²) in [7, 11) is 0. The number of carbonyl (C=O) groups excluding carboxylic acids is 1. The van der Waals surface area contributed by atoms with Gasteiger partial charge in [-0.2, -0.15) is 0 Å². The van der Waals surface area contributed by atoms with E-state index in [0.29, 0.717) is 46.7 Å². The Balaban J connectivity index is 0.000000826. The smallest absolute Gasteiger partial charge is 0.291 e. The molecule has 12 heteroatoms. The van der Waals surface area contributed by atoms with Crippen LogP contribution < -0.4 is 4.74 Å². The summed E-state index contributed by atoms with van der Waals surface area (Å²) in [6.07, 6.45) is 5.78.